The van der Waals surface area contributed by atoms with Gasteiger partial charge < -0.3 is 10.5 Å². The zero-order chi connectivity index (χ0) is 11.8. The molecule has 2 rings (SSSR count). The standard InChI is InChI=1S/C11H12F3NO/c12-11(13,14)16-9-3-1-7(2-4-9)10-5-8(10)6-15/h1-4,8,10H,5-6,15H2. The third kappa shape index (κ3) is 2.66. The van der Waals surface area contributed by atoms with Crippen LogP contribution >= 0.6 is 0 Å². The number of hydrogen-bond donors (Lipinski definition) is 1. The Morgan fingerprint density at radius 3 is 2.31 bits per heavy atom. The molecule has 0 bridgehead atoms. The molecule has 0 aliphatic heterocycles. The average molecular weight is 231 g/mol. The molecule has 2 N–H and O–H groups in total. The number of nitrogens with two attached hydrogens (primary N) is 1. The Morgan fingerprint density at radius 1 is 1.25 bits per heavy atom. The lowest BCUT2D eigenvalue weighted by Crippen LogP contribution is -2.17. The van der Waals surface area contributed by atoms with E-state index in [0.717, 1.165) is 12.0 Å². The van der Waals surface area contributed by atoms with E-state index in [0.29, 0.717) is 18.4 Å². The van der Waals surface area contributed by atoms with Crippen molar-refractivity contribution in [2.45, 2.75) is 18.7 Å². The first-order valence-electron chi connectivity index (χ1n) is 5.05. The van der Waals surface area contributed by atoms with Crippen LogP contribution in [-0.4, -0.2) is 12.9 Å². The summed E-state index contributed by atoms with van der Waals surface area (Å²) in [5.41, 5.74) is 6.53. The van der Waals surface area contributed by atoms with Gasteiger partial charge in [-0.3, -0.25) is 0 Å². The van der Waals surface area contributed by atoms with Crippen LogP contribution < -0.4 is 10.5 Å². The fourth-order valence-electron chi connectivity index (χ4n) is 1.83. The summed E-state index contributed by atoms with van der Waals surface area (Å²) in [7, 11) is 0. The van der Waals surface area contributed by atoms with Crippen molar-refractivity contribution in [3.8, 4) is 5.75 Å². The van der Waals surface area contributed by atoms with E-state index < -0.39 is 6.36 Å². The number of hydrogen-bond acceptors (Lipinski definition) is 2. The maximum absolute atomic E-state index is 11.9. The Morgan fingerprint density at radius 2 is 1.88 bits per heavy atom. The molecule has 1 aliphatic carbocycles. The van der Waals surface area contributed by atoms with Gasteiger partial charge in [0.2, 0.25) is 0 Å². The van der Waals surface area contributed by atoms with Crippen LogP contribution in [0.2, 0.25) is 0 Å². The molecule has 2 unspecified atom stereocenters. The van der Waals surface area contributed by atoms with Gasteiger partial charge >= 0.3 is 6.36 Å². The average Bonchev–Trinajstić information content (AvgIpc) is 2.95. The van der Waals surface area contributed by atoms with Crippen molar-refractivity contribution < 1.29 is 17.9 Å². The topological polar surface area (TPSA) is 35.2 Å². The Balaban J connectivity index is 2.00. The summed E-state index contributed by atoms with van der Waals surface area (Å²) in [5.74, 6) is 0.709. The van der Waals surface area contributed by atoms with Crippen molar-refractivity contribution in [2.24, 2.45) is 11.7 Å². The molecule has 1 aromatic rings. The largest absolute Gasteiger partial charge is 0.573 e. The normalized spacial score (nSPS) is 24.2. The van der Waals surface area contributed by atoms with Gasteiger partial charge in [-0.2, -0.15) is 0 Å². The summed E-state index contributed by atoms with van der Waals surface area (Å²) < 4.78 is 39.5. The van der Waals surface area contributed by atoms with E-state index in [2.05, 4.69) is 4.74 Å². The van der Waals surface area contributed by atoms with Crippen LogP contribution in [0.25, 0.3) is 0 Å². The molecular formula is C11H12F3NO. The van der Waals surface area contributed by atoms with E-state index in [9.17, 15) is 13.2 Å². The third-order valence-corrected chi connectivity index (χ3v) is 2.77. The zero-order valence-electron chi connectivity index (χ0n) is 8.50. The molecule has 16 heavy (non-hydrogen) atoms. The fraction of sp³-hybridized carbons (Fsp3) is 0.455. The van der Waals surface area contributed by atoms with Gasteiger partial charge in [-0.25, -0.2) is 0 Å². The molecule has 1 saturated carbocycles. The van der Waals surface area contributed by atoms with Crippen LogP contribution in [0, 0.1) is 5.92 Å². The molecule has 0 heterocycles. The van der Waals surface area contributed by atoms with Crippen molar-refractivity contribution in [3.05, 3.63) is 29.8 Å². The van der Waals surface area contributed by atoms with Crippen LogP contribution in [0.3, 0.4) is 0 Å². The van der Waals surface area contributed by atoms with Crippen molar-refractivity contribution in [1.82, 2.24) is 0 Å². The van der Waals surface area contributed by atoms with Gasteiger partial charge in [-0.05, 0) is 42.5 Å². The number of halogens is 3. The van der Waals surface area contributed by atoms with Crippen molar-refractivity contribution in [1.29, 1.82) is 0 Å². The summed E-state index contributed by atoms with van der Waals surface area (Å²) in [5, 5.41) is 0. The van der Waals surface area contributed by atoms with E-state index >= 15 is 0 Å². The highest BCUT2D eigenvalue weighted by atomic mass is 19.4. The quantitative estimate of drug-likeness (QED) is 0.867. The number of alkyl halides is 3. The molecular weight excluding hydrogens is 219 g/mol. The van der Waals surface area contributed by atoms with E-state index in [1.54, 1.807) is 12.1 Å². The molecule has 88 valence electrons. The first-order valence-corrected chi connectivity index (χ1v) is 5.05. The van der Waals surface area contributed by atoms with E-state index in [1.807, 2.05) is 0 Å². The Bertz CT molecular complexity index is 360. The lowest BCUT2D eigenvalue weighted by molar-refractivity contribution is -0.274. The molecule has 5 heteroatoms. The summed E-state index contributed by atoms with van der Waals surface area (Å²) in [6, 6.07) is 6.02. The maximum atomic E-state index is 11.9. The first-order chi connectivity index (χ1) is 7.49. The van der Waals surface area contributed by atoms with Gasteiger partial charge in [-0.1, -0.05) is 12.1 Å². The van der Waals surface area contributed by atoms with E-state index in [1.165, 1.54) is 12.1 Å². The Labute approximate surface area is 91.2 Å². The van der Waals surface area contributed by atoms with Crippen LogP contribution in [-0.2, 0) is 0 Å². The number of ether oxygens (including phenoxy) is 1. The molecule has 0 radical (unpaired) electrons. The Hall–Kier alpha value is -1.23. The first kappa shape index (κ1) is 11.3. The predicted octanol–water partition coefficient (Wildman–Crippen LogP) is 2.65. The molecule has 1 aromatic carbocycles. The van der Waals surface area contributed by atoms with E-state index in [-0.39, 0.29) is 5.75 Å². The van der Waals surface area contributed by atoms with E-state index in [4.69, 9.17) is 5.73 Å². The van der Waals surface area contributed by atoms with Gasteiger partial charge in [0.1, 0.15) is 5.75 Å². The molecule has 1 aliphatic rings. The van der Waals surface area contributed by atoms with Gasteiger partial charge in [0, 0.05) is 0 Å². The monoisotopic (exact) mass is 231 g/mol. The van der Waals surface area contributed by atoms with Gasteiger partial charge in [-0.15, -0.1) is 13.2 Å². The summed E-state index contributed by atoms with van der Waals surface area (Å²) in [4.78, 5) is 0. The molecule has 0 saturated heterocycles. The van der Waals surface area contributed by atoms with Crippen LogP contribution in [0.4, 0.5) is 13.2 Å². The van der Waals surface area contributed by atoms with Crippen molar-refractivity contribution in [2.75, 3.05) is 6.54 Å². The second-order valence-electron chi connectivity index (χ2n) is 3.95. The minimum absolute atomic E-state index is 0.179. The van der Waals surface area contributed by atoms with Crippen molar-refractivity contribution >= 4 is 0 Å². The SMILES string of the molecule is NCC1CC1c1ccc(OC(F)(F)F)cc1. The highest BCUT2D eigenvalue weighted by Gasteiger charge is 2.37. The number of benzene rings is 1. The predicted molar refractivity (Wildman–Crippen MR) is 53.0 cm³/mol. The van der Waals surface area contributed by atoms with Gasteiger partial charge in [0.25, 0.3) is 0 Å². The molecule has 0 amide bonds. The highest BCUT2D eigenvalue weighted by molar-refractivity contribution is 5.32. The molecule has 0 spiro atoms. The Kier molecular flexibility index (Phi) is 2.80. The molecule has 0 aromatic heterocycles. The minimum Gasteiger partial charge on any atom is -0.406 e. The fourth-order valence-corrected chi connectivity index (χ4v) is 1.83. The number of rotatable bonds is 3. The summed E-state index contributed by atoms with van der Waals surface area (Å²) >= 11 is 0. The second-order valence-corrected chi connectivity index (χ2v) is 3.95. The van der Waals surface area contributed by atoms with Crippen LogP contribution in [0.5, 0.6) is 5.75 Å². The summed E-state index contributed by atoms with van der Waals surface area (Å²) in [6.45, 7) is 0.630. The molecule has 2 atom stereocenters. The van der Waals surface area contributed by atoms with Gasteiger partial charge in [0.05, 0.1) is 0 Å². The lowest BCUT2D eigenvalue weighted by Gasteiger charge is -2.09. The second kappa shape index (κ2) is 3.97. The smallest absolute Gasteiger partial charge is 0.406 e. The highest BCUT2D eigenvalue weighted by Crippen LogP contribution is 2.46. The van der Waals surface area contributed by atoms with Crippen LogP contribution in [0.1, 0.15) is 17.9 Å². The maximum Gasteiger partial charge on any atom is 0.573 e. The zero-order valence-corrected chi connectivity index (χ0v) is 8.50. The van der Waals surface area contributed by atoms with Crippen LogP contribution in [0.15, 0.2) is 24.3 Å². The third-order valence-electron chi connectivity index (χ3n) is 2.77. The lowest BCUT2D eigenvalue weighted by atomic mass is 10.1. The molecule has 2 nitrogen and oxygen atoms in total. The summed E-state index contributed by atoms with van der Waals surface area (Å²) in [6.07, 6.45) is -3.60. The van der Waals surface area contributed by atoms with Crippen molar-refractivity contribution in [3.63, 3.8) is 0 Å². The molecule has 1 fully saturated rings. The minimum atomic E-state index is -4.62. The van der Waals surface area contributed by atoms with Gasteiger partial charge in [0.15, 0.2) is 0 Å².